The summed E-state index contributed by atoms with van der Waals surface area (Å²) in [5, 5.41) is 13.3. The van der Waals surface area contributed by atoms with Gasteiger partial charge in [0.15, 0.2) is 5.96 Å². The Morgan fingerprint density at radius 3 is 2.76 bits per heavy atom. The van der Waals surface area contributed by atoms with Crippen molar-refractivity contribution >= 4 is 5.96 Å². The smallest absolute Gasteiger partial charge is 0.193 e. The summed E-state index contributed by atoms with van der Waals surface area (Å²) in [6.07, 6.45) is 3.23. The highest BCUT2D eigenvalue weighted by molar-refractivity contribution is 5.80. The van der Waals surface area contributed by atoms with E-state index in [0.717, 1.165) is 44.9 Å². The first-order chi connectivity index (χ1) is 10.2. The second kappa shape index (κ2) is 6.06. The Kier molecular flexibility index (Phi) is 4.15. The molecule has 1 aromatic carbocycles. The fourth-order valence-corrected chi connectivity index (χ4v) is 3.45. The van der Waals surface area contributed by atoms with Gasteiger partial charge in [-0.25, -0.2) is 0 Å². The number of aliphatic hydroxyl groups is 1. The van der Waals surface area contributed by atoms with Crippen molar-refractivity contribution in [3.05, 3.63) is 35.9 Å². The quantitative estimate of drug-likeness (QED) is 0.888. The average molecular weight is 287 g/mol. The maximum absolute atomic E-state index is 9.80. The van der Waals surface area contributed by atoms with E-state index < -0.39 is 0 Å². The number of aliphatic imine (C=N–C) groups is 1. The van der Waals surface area contributed by atoms with Gasteiger partial charge in [-0.2, -0.15) is 0 Å². The molecule has 0 bridgehead atoms. The molecule has 114 valence electrons. The first-order valence-electron chi connectivity index (χ1n) is 7.88. The molecule has 0 spiro atoms. The molecule has 1 fully saturated rings. The second-order valence-electron chi connectivity index (χ2n) is 6.51. The SMILES string of the molecule is CN1CCCN=C1NCC1(CO)CC(c2ccccc2)C1. The summed E-state index contributed by atoms with van der Waals surface area (Å²) in [6.45, 7) is 3.03. The monoisotopic (exact) mass is 287 g/mol. The second-order valence-corrected chi connectivity index (χ2v) is 6.51. The van der Waals surface area contributed by atoms with Crippen molar-refractivity contribution in [2.24, 2.45) is 10.4 Å². The number of nitrogens with zero attached hydrogens (tertiary/aromatic N) is 2. The molecular formula is C17H25N3O. The van der Waals surface area contributed by atoms with E-state index in [1.807, 2.05) is 0 Å². The largest absolute Gasteiger partial charge is 0.396 e. The Balaban J connectivity index is 1.56. The van der Waals surface area contributed by atoms with E-state index in [2.05, 4.69) is 52.6 Å². The van der Waals surface area contributed by atoms with Gasteiger partial charge in [-0.05, 0) is 30.7 Å². The molecule has 3 rings (SSSR count). The Morgan fingerprint density at radius 2 is 2.10 bits per heavy atom. The van der Waals surface area contributed by atoms with Crippen LogP contribution in [-0.2, 0) is 0 Å². The predicted molar refractivity (Wildman–Crippen MR) is 85.5 cm³/mol. The number of hydrogen-bond acceptors (Lipinski definition) is 4. The number of aliphatic hydroxyl groups excluding tert-OH is 1. The van der Waals surface area contributed by atoms with Gasteiger partial charge in [-0.1, -0.05) is 30.3 Å². The van der Waals surface area contributed by atoms with Crippen LogP contribution < -0.4 is 5.32 Å². The van der Waals surface area contributed by atoms with Crippen LogP contribution in [0.3, 0.4) is 0 Å². The summed E-state index contributed by atoms with van der Waals surface area (Å²) in [7, 11) is 2.07. The van der Waals surface area contributed by atoms with Crippen molar-refractivity contribution in [3.8, 4) is 0 Å². The minimum Gasteiger partial charge on any atom is -0.396 e. The third-order valence-electron chi connectivity index (χ3n) is 4.86. The molecule has 0 saturated heterocycles. The highest BCUT2D eigenvalue weighted by Gasteiger charge is 2.44. The zero-order valence-corrected chi connectivity index (χ0v) is 12.8. The number of benzene rings is 1. The van der Waals surface area contributed by atoms with Crippen LogP contribution in [0.5, 0.6) is 0 Å². The Labute approximate surface area is 126 Å². The average Bonchev–Trinajstić information content (AvgIpc) is 2.49. The van der Waals surface area contributed by atoms with Crippen molar-refractivity contribution < 1.29 is 5.11 Å². The van der Waals surface area contributed by atoms with E-state index in [1.54, 1.807) is 0 Å². The van der Waals surface area contributed by atoms with E-state index in [9.17, 15) is 5.11 Å². The number of rotatable bonds is 4. The van der Waals surface area contributed by atoms with Crippen molar-refractivity contribution in [3.63, 3.8) is 0 Å². The summed E-state index contributed by atoms with van der Waals surface area (Å²) in [5.74, 6) is 1.57. The normalized spacial score (nSPS) is 28.8. The molecule has 2 N–H and O–H groups in total. The number of hydrogen-bond donors (Lipinski definition) is 2. The topological polar surface area (TPSA) is 47.9 Å². The lowest BCUT2D eigenvalue weighted by atomic mass is 9.60. The van der Waals surface area contributed by atoms with Gasteiger partial charge >= 0.3 is 0 Å². The van der Waals surface area contributed by atoms with Crippen LogP contribution in [0.25, 0.3) is 0 Å². The molecule has 4 heteroatoms. The molecular weight excluding hydrogens is 262 g/mol. The van der Waals surface area contributed by atoms with E-state index in [-0.39, 0.29) is 12.0 Å². The first kappa shape index (κ1) is 14.4. The maximum atomic E-state index is 9.80. The highest BCUT2D eigenvalue weighted by Crippen LogP contribution is 2.50. The third-order valence-corrected chi connectivity index (χ3v) is 4.86. The van der Waals surface area contributed by atoms with Crippen molar-refractivity contribution in [2.45, 2.75) is 25.2 Å². The van der Waals surface area contributed by atoms with Crippen LogP contribution in [0.1, 0.15) is 30.7 Å². The molecule has 1 aliphatic heterocycles. The number of nitrogens with one attached hydrogen (secondary N) is 1. The van der Waals surface area contributed by atoms with Gasteiger partial charge in [0.2, 0.25) is 0 Å². The van der Waals surface area contributed by atoms with Crippen LogP contribution in [-0.4, -0.2) is 49.3 Å². The maximum Gasteiger partial charge on any atom is 0.193 e. The van der Waals surface area contributed by atoms with E-state index in [0.29, 0.717) is 5.92 Å². The van der Waals surface area contributed by atoms with Crippen molar-refractivity contribution in [1.29, 1.82) is 0 Å². The summed E-state index contributed by atoms with van der Waals surface area (Å²) >= 11 is 0. The van der Waals surface area contributed by atoms with Crippen LogP contribution >= 0.6 is 0 Å². The molecule has 0 atom stereocenters. The van der Waals surface area contributed by atoms with Gasteiger partial charge in [0.25, 0.3) is 0 Å². The fourth-order valence-electron chi connectivity index (χ4n) is 3.45. The minimum atomic E-state index is 0.0152. The Hall–Kier alpha value is -1.55. The summed E-state index contributed by atoms with van der Waals surface area (Å²) in [5.41, 5.74) is 1.41. The lowest BCUT2D eigenvalue weighted by Crippen LogP contribution is -2.51. The lowest BCUT2D eigenvalue weighted by Gasteiger charge is -2.47. The van der Waals surface area contributed by atoms with E-state index in [4.69, 9.17) is 0 Å². The number of guanidine groups is 1. The predicted octanol–water partition coefficient (Wildman–Crippen LogP) is 1.82. The minimum absolute atomic E-state index is 0.0152. The standard InChI is InChI=1S/C17H25N3O/c1-20-9-5-8-18-16(20)19-12-17(13-21)10-15(11-17)14-6-3-2-4-7-14/h2-4,6-7,15,21H,5,8-13H2,1H3,(H,18,19). The molecule has 0 amide bonds. The summed E-state index contributed by atoms with van der Waals surface area (Å²) in [4.78, 5) is 6.70. The fraction of sp³-hybridized carbons (Fsp3) is 0.588. The van der Waals surface area contributed by atoms with Crippen LogP contribution in [0.4, 0.5) is 0 Å². The molecule has 1 heterocycles. The Bertz CT molecular complexity index is 494. The molecule has 1 aliphatic carbocycles. The molecule has 4 nitrogen and oxygen atoms in total. The van der Waals surface area contributed by atoms with Gasteiger partial charge < -0.3 is 15.3 Å². The van der Waals surface area contributed by atoms with Crippen molar-refractivity contribution in [2.75, 3.05) is 33.3 Å². The zero-order chi connectivity index (χ0) is 14.7. The molecule has 1 saturated carbocycles. The van der Waals surface area contributed by atoms with E-state index in [1.165, 1.54) is 5.56 Å². The summed E-state index contributed by atoms with van der Waals surface area (Å²) in [6, 6.07) is 10.6. The van der Waals surface area contributed by atoms with Crippen LogP contribution in [0.15, 0.2) is 35.3 Å². The summed E-state index contributed by atoms with van der Waals surface area (Å²) < 4.78 is 0. The zero-order valence-electron chi connectivity index (χ0n) is 12.8. The highest BCUT2D eigenvalue weighted by atomic mass is 16.3. The van der Waals surface area contributed by atoms with Gasteiger partial charge in [0.1, 0.15) is 0 Å². The molecule has 0 aromatic heterocycles. The van der Waals surface area contributed by atoms with Gasteiger partial charge in [0.05, 0.1) is 6.61 Å². The van der Waals surface area contributed by atoms with Gasteiger partial charge in [-0.3, -0.25) is 4.99 Å². The van der Waals surface area contributed by atoms with Crippen LogP contribution in [0.2, 0.25) is 0 Å². The Morgan fingerprint density at radius 1 is 1.33 bits per heavy atom. The third kappa shape index (κ3) is 3.05. The molecule has 2 aliphatic rings. The van der Waals surface area contributed by atoms with E-state index >= 15 is 0 Å². The molecule has 21 heavy (non-hydrogen) atoms. The molecule has 0 radical (unpaired) electrons. The molecule has 1 aromatic rings. The lowest BCUT2D eigenvalue weighted by molar-refractivity contribution is 0.0289. The van der Waals surface area contributed by atoms with Gasteiger partial charge in [-0.15, -0.1) is 0 Å². The van der Waals surface area contributed by atoms with Gasteiger partial charge in [0, 0.05) is 32.1 Å². The molecule has 0 unspecified atom stereocenters. The first-order valence-corrected chi connectivity index (χ1v) is 7.88. The van der Waals surface area contributed by atoms with Crippen molar-refractivity contribution in [1.82, 2.24) is 10.2 Å². The van der Waals surface area contributed by atoms with Crippen LogP contribution in [0, 0.1) is 5.41 Å².